The summed E-state index contributed by atoms with van der Waals surface area (Å²) in [5, 5.41) is 5.89. The number of carbonyl (C=O) groups is 2. The first kappa shape index (κ1) is 15.9. The fourth-order valence-corrected chi connectivity index (χ4v) is 4.50. The minimum absolute atomic E-state index is 0.0221. The van der Waals surface area contributed by atoms with Gasteiger partial charge in [0.05, 0.1) is 10.6 Å². The fourth-order valence-electron chi connectivity index (χ4n) is 3.49. The summed E-state index contributed by atoms with van der Waals surface area (Å²) in [6, 6.07) is 19.1. The Morgan fingerprint density at radius 1 is 0.889 bits per heavy atom. The Kier molecular flexibility index (Phi) is 3.45. The number of benzene rings is 3. The van der Waals surface area contributed by atoms with E-state index in [1.807, 2.05) is 12.1 Å². The van der Waals surface area contributed by atoms with Crippen LogP contribution >= 0.6 is 11.3 Å². The Labute approximate surface area is 159 Å². The van der Waals surface area contributed by atoms with Crippen LogP contribution < -0.4 is 5.32 Å². The first-order valence-electron chi connectivity index (χ1n) is 8.57. The number of amides is 1. The summed E-state index contributed by atoms with van der Waals surface area (Å²) in [5.74, 6) is -0.254. The molecule has 1 heterocycles. The van der Waals surface area contributed by atoms with Crippen molar-refractivity contribution in [2.24, 2.45) is 0 Å². The molecule has 1 amide bonds. The second-order valence-corrected chi connectivity index (χ2v) is 7.49. The van der Waals surface area contributed by atoms with E-state index in [0.29, 0.717) is 16.3 Å². The standard InChI is InChI=1S/C22H14N2O2S/c1-12(25)13-8-10-15(11-9-13)21(26)24-22-23-19-16-6-2-4-14-5-3-7-17(18(14)16)20(19)27-22/h2-11H,1H3,(H,23,24,26). The Morgan fingerprint density at radius 2 is 1.56 bits per heavy atom. The van der Waals surface area contributed by atoms with Crippen LogP contribution in [0.15, 0.2) is 60.7 Å². The van der Waals surface area contributed by atoms with Crippen molar-refractivity contribution < 1.29 is 9.59 Å². The second kappa shape index (κ2) is 5.86. The van der Waals surface area contributed by atoms with Gasteiger partial charge in [0.2, 0.25) is 0 Å². The number of nitrogens with one attached hydrogen (secondary N) is 1. The third kappa shape index (κ3) is 2.47. The average molecular weight is 370 g/mol. The van der Waals surface area contributed by atoms with Crippen molar-refractivity contribution in [1.82, 2.24) is 4.98 Å². The van der Waals surface area contributed by atoms with Crippen molar-refractivity contribution >= 4 is 38.9 Å². The van der Waals surface area contributed by atoms with E-state index in [4.69, 9.17) is 0 Å². The molecule has 0 radical (unpaired) electrons. The molecule has 0 atom stereocenters. The quantitative estimate of drug-likeness (QED) is 0.433. The van der Waals surface area contributed by atoms with E-state index >= 15 is 0 Å². The summed E-state index contributed by atoms with van der Waals surface area (Å²) in [5.41, 5.74) is 4.29. The van der Waals surface area contributed by atoms with Crippen LogP contribution in [-0.2, 0) is 0 Å². The number of nitrogens with zero attached hydrogens (tertiary/aromatic N) is 1. The van der Waals surface area contributed by atoms with Crippen LogP contribution in [0.1, 0.15) is 27.6 Å². The molecule has 5 rings (SSSR count). The van der Waals surface area contributed by atoms with Gasteiger partial charge in [-0.25, -0.2) is 4.98 Å². The van der Waals surface area contributed by atoms with Gasteiger partial charge in [0.1, 0.15) is 0 Å². The van der Waals surface area contributed by atoms with Crippen molar-refractivity contribution in [3.05, 3.63) is 71.8 Å². The molecular weight excluding hydrogens is 356 g/mol. The SMILES string of the molecule is CC(=O)c1ccc(C(=O)Nc2nc3c(s2)-c2cccc4cccc-3c24)cc1. The minimum atomic E-state index is -0.232. The van der Waals surface area contributed by atoms with E-state index in [1.165, 1.54) is 34.6 Å². The van der Waals surface area contributed by atoms with Gasteiger partial charge in [0.15, 0.2) is 10.9 Å². The maximum atomic E-state index is 12.5. The molecule has 1 aromatic heterocycles. The Bertz CT molecular complexity index is 1180. The van der Waals surface area contributed by atoms with Gasteiger partial charge in [-0.3, -0.25) is 14.9 Å². The van der Waals surface area contributed by atoms with Gasteiger partial charge in [0, 0.05) is 22.3 Å². The molecule has 0 aliphatic heterocycles. The molecule has 0 saturated carbocycles. The lowest BCUT2D eigenvalue weighted by Gasteiger charge is -2.04. The lowest BCUT2D eigenvalue weighted by Crippen LogP contribution is -2.11. The molecule has 4 nitrogen and oxygen atoms in total. The van der Waals surface area contributed by atoms with Gasteiger partial charge in [-0.15, -0.1) is 0 Å². The van der Waals surface area contributed by atoms with Crippen molar-refractivity contribution in [2.45, 2.75) is 6.92 Å². The lowest BCUT2D eigenvalue weighted by molar-refractivity contribution is 0.100. The van der Waals surface area contributed by atoms with Gasteiger partial charge < -0.3 is 0 Å². The van der Waals surface area contributed by atoms with Crippen LogP contribution in [0.25, 0.3) is 32.5 Å². The number of rotatable bonds is 3. The Balaban J connectivity index is 1.47. The molecule has 130 valence electrons. The van der Waals surface area contributed by atoms with Crippen molar-refractivity contribution in [3.63, 3.8) is 0 Å². The van der Waals surface area contributed by atoms with Crippen molar-refractivity contribution in [3.8, 4) is 21.7 Å². The highest BCUT2D eigenvalue weighted by atomic mass is 32.1. The van der Waals surface area contributed by atoms with E-state index in [2.05, 4.69) is 34.6 Å². The summed E-state index contributed by atoms with van der Waals surface area (Å²) in [7, 11) is 0. The number of hydrogen-bond donors (Lipinski definition) is 1. The third-order valence-corrected chi connectivity index (χ3v) is 5.81. The zero-order valence-corrected chi connectivity index (χ0v) is 15.3. The number of carbonyl (C=O) groups excluding carboxylic acids is 2. The molecule has 5 heteroatoms. The predicted octanol–water partition coefficient (Wildman–Crippen LogP) is 5.40. The summed E-state index contributed by atoms with van der Waals surface area (Å²) in [6.45, 7) is 1.50. The normalized spacial score (nSPS) is 11.4. The third-order valence-electron chi connectivity index (χ3n) is 4.81. The van der Waals surface area contributed by atoms with Crippen LogP contribution in [0.3, 0.4) is 0 Å². The topological polar surface area (TPSA) is 59.1 Å². The van der Waals surface area contributed by atoms with Crippen molar-refractivity contribution in [1.29, 1.82) is 0 Å². The Hall–Kier alpha value is -3.31. The van der Waals surface area contributed by atoms with Gasteiger partial charge in [-0.05, 0) is 29.8 Å². The number of aromatic nitrogens is 1. The molecule has 0 bridgehead atoms. The first-order chi connectivity index (χ1) is 13.1. The minimum Gasteiger partial charge on any atom is -0.298 e. The zero-order valence-electron chi connectivity index (χ0n) is 14.4. The highest BCUT2D eigenvalue weighted by Crippen LogP contribution is 2.50. The predicted molar refractivity (Wildman–Crippen MR) is 108 cm³/mol. The molecule has 1 aliphatic carbocycles. The van der Waals surface area contributed by atoms with Crippen LogP contribution in [0.4, 0.5) is 5.13 Å². The van der Waals surface area contributed by atoms with Crippen LogP contribution in [0.2, 0.25) is 0 Å². The molecule has 1 aliphatic rings. The molecule has 0 saturated heterocycles. The molecule has 3 aromatic carbocycles. The molecule has 4 aromatic rings. The summed E-state index contributed by atoms with van der Waals surface area (Å²) < 4.78 is 0. The largest absolute Gasteiger partial charge is 0.298 e. The number of anilines is 1. The summed E-state index contributed by atoms with van der Waals surface area (Å²) >= 11 is 1.49. The van der Waals surface area contributed by atoms with E-state index < -0.39 is 0 Å². The van der Waals surface area contributed by atoms with E-state index in [9.17, 15) is 9.59 Å². The van der Waals surface area contributed by atoms with Gasteiger partial charge in [-0.1, -0.05) is 59.9 Å². The summed E-state index contributed by atoms with van der Waals surface area (Å²) in [6.07, 6.45) is 0. The molecule has 27 heavy (non-hydrogen) atoms. The molecule has 0 fully saturated rings. The molecular formula is C22H14N2O2S. The molecule has 0 unspecified atom stereocenters. The number of hydrogen-bond acceptors (Lipinski definition) is 4. The number of ketones is 1. The lowest BCUT2D eigenvalue weighted by atomic mass is 10.0. The van der Waals surface area contributed by atoms with Crippen LogP contribution in [0, 0.1) is 0 Å². The second-order valence-electron chi connectivity index (χ2n) is 6.49. The first-order valence-corrected chi connectivity index (χ1v) is 9.39. The van der Waals surface area contributed by atoms with Gasteiger partial charge in [-0.2, -0.15) is 0 Å². The van der Waals surface area contributed by atoms with E-state index in [1.54, 1.807) is 24.3 Å². The monoisotopic (exact) mass is 370 g/mol. The maximum absolute atomic E-state index is 12.5. The van der Waals surface area contributed by atoms with E-state index in [-0.39, 0.29) is 11.7 Å². The van der Waals surface area contributed by atoms with Gasteiger partial charge >= 0.3 is 0 Å². The number of fused-ring (bicyclic) bond motifs is 3. The van der Waals surface area contributed by atoms with Gasteiger partial charge in [0.25, 0.3) is 5.91 Å². The zero-order chi connectivity index (χ0) is 18.5. The smallest absolute Gasteiger partial charge is 0.257 e. The number of thiazole rings is 1. The van der Waals surface area contributed by atoms with Crippen LogP contribution in [-0.4, -0.2) is 16.7 Å². The Morgan fingerprint density at radius 3 is 2.26 bits per heavy atom. The summed E-state index contributed by atoms with van der Waals surface area (Å²) in [4.78, 5) is 29.7. The molecule has 1 N–H and O–H groups in total. The average Bonchev–Trinajstić information content (AvgIpc) is 3.22. The maximum Gasteiger partial charge on any atom is 0.257 e. The molecule has 0 spiro atoms. The van der Waals surface area contributed by atoms with Crippen LogP contribution in [0.5, 0.6) is 0 Å². The van der Waals surface area contributed by atoms with Crippen molar-refractivity contribution in [2.75, 3.05) is 5.32 Å². The fraction of sp³-hybridized carbons (Fsp3) is 0.0455. The highest BCUT2D eigenvalue weighted by molar-refractivity contribution is 7.20. The number of Topliss-reactive ketones (excluding diaryl/α,β-unsaturated/α-hetero) is 1. The van der Waals surface area contributed by atoms with E-state index in [0.717, 1.165) is 16.1 Å². The highest BCUT2D eigenvalue weighted by Gasteiger charge is 2.26.